The van der Waals surface area contributed by atoms with Crippen molar-refractivity contribution in [1.82, 2.24) is 10.6 Å². The number of amides is 1. The number of carbonyl (C=O) groups excluding carboxylic acids is 1. The molecule has 1 heterocycles. The van der Waals surface area contributed by atoms with Crippen LogP contribution in [0.4, 0.5) is 0 Å². The normalized spacial score (nSPS) is 25.2. The summed E-state index contributed by atoms with van der Waals surface area (Å²) in [4.78, 5) is 11.7. The molecule has 1 aliphatic heterocycles. The summed E-state index contributed by atoms with van der Waals surface area (Å²) >= 11 is 0. The van der Waals surface area contributed by atoms with Crippen LogP contribution in [0.15, 0.2) is 0 Å². The first kappa shape index (κ1) is 16.8. The summed E-state index contributed by atoms with van der Waals surface area (Å²) in [6, 6.07) is 0.523. The Morgan fingerprint density at radius 2 is 2.05 bits per heavy atom. The Hall–Kier alpha value is -0.610. The Kier molecular flexibility index (Phi) is 6.49. The van der Waals surface area contributed by atoms with Gasteiger partial charge < -0.3 is 15.4 Å². The highest BCUT2D eigenvalue weighted by Gasteiger charge is 2.38. The molecule has 1 amide bonds. The van der Waals surface area contributed by atoms with E-state index in [2.05, 4.69) is 24.5 Å². The smallest absolute Gasteiger partial charge is 0.221 e. The zero-order chi connectivity index (χ0) is 15.1. The second-order valence-electron chi connectivity index (χ2n) is 7.18. The van der Waals surface area contributed by atoms with Crippen LogP contribution in [0.3, 0.4) is 0 Å². The van der Waals surface area contributed by atoms with Crippen LogP contribution in [0.25, 0.3) is 0 Å². The van der Waals surface area contributed by atoms with E-state index >= 15 is 0 Å². The van der Waals surface area contributed by atoms with Gasteiger partial charge in [0.25, 0.3) is 0 Å². The van der Waals surface area contributed by atoms with Gasteiger partial charge in [0.2, 0.25) is 5.91 Å². The van der Waals surface area contributed by atoms with Crippen molar-refractivity contribution in [3.8, 4) is 0 Å². The lowest BCUT2D eigenvalue weighted by atomic mass is 9.78. The molecule has 2 fully saturated rings. The fourth-order valence-corrected chi connectivity index (χ4v) is 3.54. The second-order valence-corrected chi connectivity index (χ2v) is 7.18. The van der Waals surface area contributed by atoms with Crippen molar-refractivity contribution in [2.75, 3.05) is 19.7 Å². The average Bonchev–Trinajstić information content (AvgIpc) is 2.46. The topological polar surface area (TPSA) is 50.4 Å². The van der Waals surface area contributed by atoms with E-state index in [1.165, 1.54) is 32.1 Å². The highest BCUT2D eigenvalue weighted by atomic mass is 16.5. The van der Waals surface area contributed by atoms with E-state index in [-0.39, 0.29) is 11.5 Å². The molecule has 21 heavy (non-hydrogen) atoms. The molecule has 1 spiro atoms. The maximum atomic E-state index is 11.7. The van der Waals surface area contributed by atoms with Gasteiger partial charge in [-0.3, -0.25) is 4.79 Å². The monoisotopic (exact) mass is 296 g/mol. The molecule has 0 aromatic carbocycles. The Bertz CT molecular complexity index is 319. The van der Waals surface area contributed by atoms with Crippen LogP contribution in [-0.4, -0.2) is 37.2 Å². The van der Waals surface area contributed by atoms with Crippen molar-refractivity contribution in [3.63, 3.8) is 0 Å². The minimum Gasteiger partial charge on any atom is -0.375 e. The third-order valence-electron chi connectivity index (χ3n) is 4.75. The molecule has 1 saturated heterocycles. The predicted molar refractivity (Wildman–Crippen MR) is 85.3 cm³/mol. The van der Waals surface area contributed by atoms with Gasteiger partial charge in [-0.2, -0.15) is 0 Å². The van der Waals surface area contributed by atoms with Crippen LogP contribution in [0, 0.1) is 5.92 Å². The molecule has 4 heteroatoms. The largest absolute Gasteiger partial charge is 0.375 e. The Labute approximate surface area is 129 Å². The van der Waals surface area contributed by atoms with Gasteiger partial charge in [0, 0.05) is 32.2 Å². The van der Waals surface area contributed by atoms with E-state index in [0.717, 1.165) is 32.5 Å². The van der Waals surface area contributed by atoms with Crippen molar-refractivity contribution in [3.05, 3.63) is 0 Å². The molecule has 122 valence electrons. The molecule has 0 aromatic heterocycles. The van der Waals surface area contributed by atoms with Crippen molar-refractivity contribution >= 4 is 5.91 Å². The zero-order valence-electron chi connectivity index (χ0n) is 13.7. The molecule has 1 aliphatic carbocycles. The number of nitrogens with one attached hydrogen (secondary N) is 2. The van der Waals surface area contributed by atoms with Crippen molar-refractivity contribution in [1.29, 1.82) is 0 Å². The summed E-state index contributed by atoms with van der Waals surface area (Å²) in [7, 11) is 0. The maximum absolute atomic E-state index is 11.7. The number of hydrogen-bond donors (Lipinski definition) is 2. The maximum Gasteiger partial charge on any atom is 0.221 e. The van der Waals surface area contributed by atoms with Crippen LogP contribution in [0.1, 0.15) is 65.2 Å². The van der Waals surface area contributed by atoms with Crippen molar-refractivity contribution < 1.29 is 9.53 Å². The van der Waals surface area contributed by atoms with Crippen LogP contribution in [0.5, 0.6) is 0 Å². The van der Waals surface area contributed by atoms with Crippen LogP contribution in [-0.2, 0) is 9.53 Å². The van der Waals surface area contributed by atoms with E-state index in [0.29, 0.717) is 18.4 Å². The number of carbonyl (C=O) groups is 1. The van der Waals surface area contributed by atoms with Gasteiger partial charge in [-0.15, -0.1) is 0 Å². The lowest BCUT2D eigenvalue weighted by molar-refractivity contribution is -0.121. The number of rotatable bonds is 6. The lowest BCUT2D eigenvalue weighted by Crippen LogP contribution is -2.48. The quantitative estimate of drug-likeness (QED) is 0.792. The van der Waals surface area contributed by atoms with Crippen molar-refractivity contribution in [2.45, 2.75) is 76.9 Å². The van der Waals surface area contributed by atoms with Gasteiger partial charge in [-0.1, -0.05) is 33.1 Å². The van der Waals surface area contributed by atoms with E-state index in [1.54, 1.807) is 0 Å². The fourth-order valence-electron chi connectivity index (χ4n) is 3.54. The number of ether oxygens (including phenoxy) is 1. The SMILES string of the molecule is CC(C)CNC(=O)CCNC1CCOC2(CCCCC2)C1. The molecule has 2 rings (SSSR count). The van der Waals surface area contributed by atoms with E-state index < -0.39 is 0 Å². The highest BCUT2D eigenvalue weighted by Crippen LogP contribution is 2.38. The summed E-state index contributed by atoms with van der Waals surface area (Å²) < 4.78 is 6.11. The van der Waals surface area contributed by atoms with Gasteiger partial charge >= 0.3 is 0 Å². The molecule has 1 atom stereocenters. The summed E-state index contributed by atoms with van der Waals surface area (Å²) in [6.45, 7) is 6.66. The summed E-state index contributed by atoms with van der Waals surface area (Å²) in [5, 5.41) is 6.54. The summed E-state index contributed by atoms with van der Waals surface area (Å²) in [6.07, 6.45) is 9.21. The molecule has 4 nitrogen and oxygen atoms in total. The summed E-state index contributed by atoms with van der Waals surface area (Å²) in [5.74, 6) is 0.680. The third kappa shape index (κ3) is 5.59. The fraction of sp³-hybridized carbons (Fsp3) is 0.941. The van der Waals surface area contributed by atoms with E-state index in [1.807, 2.05) is 0 Å². The molecule has 1 unspecified atom stereocenters. The van der Waals surface area contributed by atoms with Crippen LogP contribution >= 0.6 is 0 Å². The molecule has 2 aliphatic rings. The van der Waals surface area contributed by atoms with E-state index in [9.17, 15) is 4.79 Å². The van der Waals surface area contributed by atoms with Gasteiger partial charge in [0.05, 0.1) is 5.60 Å². The minimum absolute atomic E-state index is 0.147. The Morgan fingerprint density at radius 1 is 1.29 bits per heavy atom. The molecule has 0 radical (unpaired) electrons. The van der Waals surface area contributed by atoms with E-state index in [4.69, 9.17) is 4.74 Å². The lowest BCUT2D eigenvalue weighted by Gasteiger charge is -2.43. The molecular weight excluding hydrogens is 264 g/mol. The second kappa shape index (κ2) is 8.14. The number of hydrogen-bond acceptors (Lipinski definition) is 3. The van der Waals surface area contributed by atoms with Gasteiger partial charge in [0.1, 0.15) is 0 Å². The average molecular weight is 296 g/mol. The first-order chi connectivity index (χ1) is 10.1. The predicted octanol–water partition coefficient (Wildman–Crippen LogP) is 2.62. The zero-order valence-corrected chi connectivity index (χ0v) is 13.7. The van der Waals surface area contributed by atoms with Gasteiger partial charge in [0.15, 0.2) is 0 Å². The van der Waals surface area contributed by atoms with Crippen molar-refractivity contribution in [2.24, 2.45) is 5.92 Å². The Balaban J connectivity index is 1.65. The molecule has 0 bridgehead atoms. The molecule has 0 aromatic rings. The summed E-state index contributed by atoms with van der Waals surface area (Å²) in [5.41, 5.74) is 0.147. The minimum atomic E-state index is 0.147. The third-order valence-corrected chi connectivity index (χ3v) is 4.75. The standard InChI is InChI=1S/C17H32N2O2/c1-14(2)13-19-16(20)6-10-18-15-7-11-21-17(12-15)8-4-3-5-9-17/h14-15,18H,3-13H2,1-2H3,(H,19,20). The first-order valence-corrected chi connectivity index (χ1v) is 8.74. The first-order valence-electron chi connectivity index (χ1n) is 8.74. The Morgan fingerprint density at radius 3 is 2.76 bits per heavy atom. The molecule has 2 N–H and O–H groups in total. The van der Waals surface area contributed by atoms with Gasteiger partial charge in [-0.05, 0) is 31.6 Å². The molecule has 1 saturated carbocycles. The van der Waals surface area contributed by atoms with Crippen LogP contribution in [0.2, 0.25) is 0 Å². The van der Waals surface area contributed by atoms with Gasteiger partial charge in [-0.25, -0.2) is 0 Å². The molecular formula is C17H32N2O2. The highest BCUT2D eigenvalue weighted by molar-refractivity contribution is 5.76. The van der Waals surface area contributed by atoms with Crippen LogP contribution < -0.4 is 10.6 Å².